The van der Waals surface area contributed by atoms with Gasteiger partial charge in [0, 0.05) is 13.6 Å². The smallest absolute Gasteiger partial charge is 0.166 e. The van der Waals surface area contributed by atoms with Gasteiger partial charge in [0.2, 0.25) is 0 Å². The van der Waals surface area contributed by atoms with Crippen LogP contribution < -0.4 is 10.6 Å². The molecule has 2 N–H and O–H groups in total. The standard InChI is InChI=1S/C11H16N2S/c1-9-4-3-5-10(8-9)6-7-13-11(14)12-2/h3-5,8H,6-7H2,1-2H3,(H2,12,13,14). The van der Waals surface area contributed by atoms with Crippen LogP contribution in [0.4, 0.5) is 0 Å². The first kappa shape index (κ1) is 11.0. The maximum Gasteiger partial charge on any atom is 0.166 e. The zero-order chi connectivity index (χ0) is 10.4. The van der Waals surface area contributed by atoms with Crippen molar-refractivity contribution in [1.29, 1.82) is 0 Å². The number of hydrogen-bond acceptors (Lipinski definition) is 1. The second kappa shape index (κ2) is 5.60. The Morgan fingerprint density at radius 2 is 2.21 bits per heavy atom. The van der Waals surface area contributed by atoms with E-state index >= 15 is 0 Å². The molecule has 1 aromatic carbocycles. The van der Waals surface area contributed by atoms with Gasteiger partial charge in [0.25, 0.3) is 0 Å². The summed E-state index contributed by atoms with van der Waals surface area (Å²) < 4.78 is 0. The third kappa shape index (κ3) is 3.75. The highest BCUT2D eigenvalue weighted by molar-refractivity contribution is 7.80. The molecule has 0 bridgehead atoms. The molecule has 0 saturated carbocycles. The van der Waals surface area contributed by atoms with Gasteiger partial charge < -0.3 is 10.6 Å². The summed E-state index contributed by atoms with van der Waals surface area (Å²) in [6, 6.07) is 8.53. The minimum absolute atomic E-state index is 0.706. The van der Waals surface area contributed by atoms with Crippen molar-refractivity contribution in [1.82, 2.24) is 10.6 Å². The van der Waals surface area contributed by atoms with E-state index in [0.717, 1.165) is 13.0 Å². The molecule has 1 rings (SSSR count). The highest BCUT2D eigenvalue weighted by atomic mass is 32.1. The Morgan fingerprint density at radius 1 is 1.43 bits per heavy atom. The van der Waals surface area contributed by atoms with E-state index in [1.165, 1.54) is 11.1 Å². The van der Waals surface area contributed by atoms with E-state index in [4.69, 9.17) is 12.2 Å². The summed E-state index contributed by atoms with van der Waals surface area (Å²) in [5, 5.41) is 6.71. The van der Waals surface area contributed by atoms with Crippen LogP contribution in [0.1, 0.15) is 11.1 Å². The molecule has 0 aliphatic carbocycles. The van der Waals surface area contributed by atoms with Gasteiger partial charge >= 0.3 is 0 Å². The molecule has 0 aromatic heterocycles. The maximum atomic E-state index is 4.97. The average Bonchev–Trinajstić information content (AvgIpc) is 2.17. The van der Waals surface area contributed by atoms with Crippen molar-refractivity contribution < 1.29 is 0 Å². The Bertz CT molecular complexity index is 310. The molecule has 0 aliphatic rings. The van der Waals surface area contributed by atoms with Gasteiger partial charge in [0.15, 0.2) is 5.11 Å². The Kier molecular flexibility index (Phi) is 4.40. The highest BCUT2D eigenvalue weighted by Gasteiger charge is 1.94. The Labute approximate surface area is 90.7 Å². The van der Waals surface area contributed by atoms with Crippen LogP contribution in [0.2, 0.25) is 0 Å². The summed E-state index contributed by atoms with van der Waals surface area (Å²) >= 11 is 4.97. The van der Waals surface area contributed by atoms with Gasteiger partial charge in [-0.05, 0) is 31.1 Å². The van der Waals surface area contributed by atoms with Gasteiger partial charge in [-0.3, -0.25) is 0 Å². The predicted molar refractivity (Wildman–Crippen MR) is 64.5 cm³/mol. The van der Waals surface area contributed by atoms with Crippen LogP contribution in [0.15, 0.2) is 24.3 Å². The molecular formula is C11H16N2S. The largest absolute Gasteiger partial charge is 0.366 e. The van der Waals surface area contributed by atoms with Crippen LogP contribution in [0.5, 0.6) is 0 Å². The fourth-order valence-corrected chi connectivity index (χ4v) is 1.38. The van der Waals surface area contributed by atoms with Crippen LogP contribution >= 0.6 is 12.2 Å². The maximum absolute atomic E-state index is 4.97. The van der Waals surface area contributed by atoms with E-state index in [1.807, 2.05) is 7.05 Å². The van der Waals surface area contributed by atoms with Crippen LogP contribution in [0, 0.1) is 6.92 Å². The van der Waals surface area contributed by atoms with Crippen molar-refractivity contribution in [2.75, 3.05) is 13.6 Å². The van der Waals surface area contributed by atoms with Gasteiger partial charge in [-0.15, -0.1) is 0 Å². The van der Waals surface area contributed by atoms with Crippen LogP contribution in [-0.4, -0.2) is 18.7 Å². The molecule has 76 valence electrons. The molecule has 2 nitrogen and oxygen atoms in total. The minimum Gasteiger partial charge on any atom is -0.366 e. The number of hydrogen-bond donors (Lipinski definition) is 2. The molecular weight excluding hydrogens is 192 g/mol. The molecule has 0 heterocycles. The van der Waals surface area contributed by atoms with E-state index in [1.54, 1.807) is 0 Å². The fraction of sp³-hybridized carbons (Fsp3) is 0.364. The second-order valence-electron chi connectivity index (χ2n) is 3.24. The lowest BCUT2D eigenvalue weighted by Gasteiger charge is -2.07. The van der Waals surface area contributed by atoms with Gasteiger partial charge in [-0.2, -0.15) is 0 Å². The topological polar surface area (TPSA) is 24.1 Å². The summed E-state index contributed by atoms with van der Waals surface area (Å²) in [5.74, 6) is 0. The predicted octanol–water partition coefficient (Wildman–Crippen LogP) is 1.63. The molecule has 0 amide bonds. The molecule has 0 spiro atoms. The van der Waals surface area contributed by atoms with Gasteiger partial charge in [-0.1, -0.05) is 29.8 Å². The Morgan fingerprint density at radius 3 is 2.86 bits per heavy atom. The van der Waals surface area contributed by atoms with Crippen molar-refractivity contribution in [2.24, 2.45) is 0 Å². The summed E-state index contributed by atoms with van der Waals surface area (Å²) in [7, 11) is 1.82. The molecule has 14 heavy (non-hydrogen) atoms. The fourth-order valence-electron chi connectivity index (χ4n) is 1.28. The van der Waals surface area contributed by atoms with E-state index in [-0.39, 0.29) is 0 Å². The van der Waals surface area contributed by atoms with Crippen LogP contribution in [0.3, 0.4) is 0 Å². The van der Waals surface area contributed by atoms with Crippen molar-refractivity contribution in [3.8, 4) is 0 Å². The first-order valence-electron chi connectivity index (χ1n) is 4.73. The number of thiocarbonyl (C=S) groups is 1. The van der Waals surface area contributed by atoms with Crippen molar-refractivity contribution in [3.63, 3.8) is 0 Å². The lowest BCUT2D eigenvalue weighted by Crippen LogP contribution is -2.33. The summed E-state index contributed by atoms with van der Waals surface area (Å²) in [4.78, 5) is 0. The molecule has 0 fully saturated rings. The van der Waals surface area contributed by atoms with E-state index in [0.29, 0.717) is 5.11 Å². The van der Waals surface area contributed by atoms with Crippen molar-refractivity contribution in [3.05, 3.63) is 35.4 Å². The van der Waals surface area contributed by atoms with Crippen molar-refractivity contribution in [2.45, 2.75) is 13.3 Å². The summed E-state index contributed by atoms with van der Waals surface area (Å²) in [5.41, 5.74) is 2.65. The Hall–Kier alpha value is -1.09. The monoisotopic (exact) mass is 208 g/mol. The molecule has 0 saturated heterocycles. The third-order valence-corrected chi connectivity index (χ3v) is 2.36. The third-order valence-electron chi connectivity index (χ3n) is 2.01. The molecule has 3 heteroatoms. The SMILES string of the molecule is CNC(=S)NCCc1cccc(C)c1. The first-order chi connectivity index (χ1) is 6.72. The number of aryl methyl sites for hydroxylation is 1. The van der Waals surface area contributed by atoms with Gasteiger partial charge in [0.05, 0.1) is 0 Å². The normalized spacial score (nSPS) is 9.57. The lowest BCUT2D eigenvalue weighted by atomic mass is 10.1. The number of benzene rings is 1. The minimum atomic E-state index is 0.706. The molecule has 0 atom stereocenters. The van der Waals surface area contributed by atoms with Crippen LogP contribution in [0.25, 0.3) is 0 Å². The summed E-state index contributed by atoms with van der Waals surface area (Å²) in [6.45, 7) is 2.98. The molecule has 0 radical (unpaired) electrons. The molecule has 1 aromatic rings. The zero-order valence-corrected chi connectivity index (χ0v) is 9.45. The van der Waals surface area contributed by atoms with E-state index in [9.17, 15) is 0 Å². The van der Waals surface area contributed by atoms with Crippen molar-refractivity contribution >= 4 is 17.3 Å². The zero-order valence-electron chi connectivity index (χ0n) is 8.63. The molecule has 0 aliphatic heterocycles. The van der Waals surface area contributed by atoms with Crippen LogP contribution in [-0.2, 0) is 6.42 Å². The quantitative estimate of drug-likeness (QED) is 0.738. The van der Waals surface area contributed by atoms with E-state index in [2.05, 4.69) is 41.8 Å². The van der Waals surface area contributed by atoms with Gasteiger partial charge in [-0.25, -0.2) is 0 Å². The average molecular weight is 208 g/mol. The van der Waals surface area contributed by atoms with Gasteiger partial charge in [0.1, 0.15) is 0 Å². The molecule has 0 unspecified atom stereocenters. The first-order valence-corrected chi connectivity index (χ1v) is 5.14. The number of rotatable bonds is 3. The van der Waals surface area contributed by atoms with E-state index < -0.39 is 0 Å². The lowest BCUT2D eigenvalue weighted by molar-refractivity contribution is 0.850. The Balaban J connectivity index is 2.35. The highest BCUT2D eigenvalue weighted by Crippen LogP contribution is 2.03. The summed E-state index contributed by atoms with van der Waals surface area (Å²) in [6.07, 6.45) is 1.00. The second-order valence-corrected chi connectivity index (χ2v) is 3.65. The number of nitrogens with one attached hydrogen (secondary N) is 2.